The lowest BCUT2D eigenvalue weighted by atomic mass is 9.87. The van der Waals surface area contributed by atoms with Gasteiger partial charge in [0.15, 0.2) is 0 Å². The number of allylic oxidation sites excluding steroid dienone is 1. The standard InChI is InChI=1S/C15H21N/c1-3-15-9-10-16(11-13(15)2)12-14-7-5-4-6-8-14/h3-8,13,15H,1,9-12H2,2H3/t13-,15-/m1/s1. The van der Waals surface area contributed by atoms with Crippen molar-refractivity contribution in [3.63, 3.8) is 0 Å². The first-order valence-electron chi connectivity index (χ1n) is 6.18. The molecule has 0 amide bonds. The summed E-state index contributed by atoms with van der Waals surface area (Å²) in [5.74, 6) is 1.46. The lowest BCUT2D eigenvalue weighted by Gasteiger charge is -2.35. The average molecular weight is 215 g/mol. The van der Waals surface area contributed by atoms with Crippen molar-refractivity contribution in [2.75, 3.05) is 13.1 Å². The van der Waals surface area contributed by atoms with Crippen molar-refractivity contribution in [2.24, 2.45) is 11.8 Å². The molecule has 0 radical (unpaired) electrons. The van der Waals surface area contributed by atoms with Crippen LogP contribution in [0.2, 0.25) is 0 Å². The molecule has 0 bridgehead atoms. The van der Waals surface area contributed by atoms with Crippen LogP contribution in [-0.2, 0) is 6.54 Å². The maximum Gasteiger partial charge on any atom is 0.0233 e. The molecule has 2 rings (SSSR count). The smallest absolute Gasteiger partial charge is 0.0233 e. The van der Waals surface area contributed by atoms with Crippen molar-refractivity contribution >= 4 is 0 Å². The fraction of sp³-hybridized carbons (Fsp3) is 0.467. The van der Waals surface area contributed by atoms with Gasteiger partial charge >= 0.3 is 0 Å². The molecule has 1 aliphatic rings. The molecule has 1 heterocycles. The van der Waals surface area contributed by atoms with Crippen LogP contribution >= 0.6 is 0 Å². The van der Waals surface area contributed by atoms with E-state index >= 15 is 0 Å². The van der Waals surface area contributed by atoms with Gasteiger partial charge in [-0.2, -0.15) is 0 Å². The Balaban J connectivity index is 1.91. The molecule has 1 aromatic carbocycles. The Labute approximate surface area is 98.8 Å². The largest absolute Gasteiger partial charge is 0.299 e. The highest BCUT2D eigenvalue weighted by atomic mass is 15.1. The second-order valence-corrected chi connectivity index (χ2v) is 4.89. The van der Waals surface area contributed by atoms with Crippen LogP contribution in [0.1, 0.15) is 18.9 Å². The number of nitrogens with zero attached hydrogens (tertiary/aromatic N) is 1. The zero-order valence-electron chi connectivity index (χ0n) is 10.1. The van der Waals surface area contributed by atoms with Crippen molar-refractivity contribution in [2.45, 2.75) is 19.9 Å². The normalized spacial score (nSPS) is 26.6. The average Bonchev–Trinajstić information content (AvgIpc) is 2.31. The summed E-state index contributed by atoms with van der Waals surface area (Å²) in [6.45, 7) is 9.76. The third kappa shape index (κ3) is 2.73. The van der Waals surface area contributed by atoms with Gasteiger partial charge in [-0.3, -0.25) is 4.90 Å². The molecule has 0 unspecified atom stereocenters. The summed E-state index contributed by atoms with van der Waals surface area (Å²) in [4.78, 5) is 2.56. The molecule has 2 atom stereocenters. The van der Waals surface area contributed by atoms with Crippen LogP contribution in [-0.4, -0.2) is 18.0 Å². The van der Waals surface area contributed by atoms with Gasteiger partial charge in [-0.05, 0) is 30.4 Å². The minimum absolute atomic E-state index is 0.715. The highest BCUT2D eigenvalue weighted by Gasteiger charge is 2.23. The molecule has 16 heavy (non-hydrogen) atoms. The van der Waals surface area contributed by atoms with E-state index in [4.69, 9.17) is 0 Å². The number of hydrogen-bond acceptors (Lipinski definition) is 1. The van der Waals surface area contributed by atoms with E-state index in [1.165, 1.54) is 25.1 Å². The highest BCUT2D eigenvalue weighted by molar-refractivity contribution is 5.14. The molecule has 1 nitrogen and oxygen atoms in total. The van der Waals surface area contributed by atoms with Crippen molar-refractivity contribution in [3.8, 4) is 0 Å². The zero-order valence-corrected chi connectivity index (χ0v) is 10.1. The minimum atomic E-state index is 0.715. The van der Waals surface area contributed by atoms with E-state index in [0.29, 0.717) is 5.92 Å². The first kappa shape index (κ1) is 11.4. The Morgan fingerprint density at radius 2 is 2.12 bits per heavy atom. The molecule has 1 heteroatoms. The van der Waals surface area contributed by atoms with E-state index in [9.17, 15) is 0 Å². The molecular formula is C15H21N. The Kier molecular flexibility index (Phi) is 3.79. The maximum atomic E-state index is 3.93. The second kappa shape index (κ2) is 5.31. The number of hydrogen-bond donors (Lipinski definition) is 0. The molecule has 1 fully saturated rings. The highest BCUT2D eigenvalue weighted by Crippen LogP contribution is 2.24. The fourth-order valence-corrected chi connectivity index (χ4v) is 2.59. The topological polar surface area (TPSA) is 3.24 Å². The Morgan fingerprint density at radius 3 is 2.75 bits per heavy atom. The number of likely N-dealkylation sites (tertiary alicyclic amines) is 1. The molecule has 0 saturated carbocycles. The van der Waals surface area contributed by atoms with E-state index in [1.54, 1.807) is 0 Å². The van der Waals surface area contributed by atoms with Gasteiger partial charge in [0.05, 0.1) is 0 Å². The zero-order chi connectivity index (χ0) is 11.4. The van der Waals surface area contributed by atoms with Crippen LogP contribution in [0.5, 0.6) is 0 Å². The molecule has 1 saturated heterocycles. The van der Waals surface area contributed by atoms with Gasteiger partial charge in [0.25, 0.3) is 0 Å². The second-order valence-electron chi connectivity index (χ2n) is 4.89. The quantitative estimate of drug-likeness (QED) is 0.699. The molecule has 0 N–H and O–H groups in total. The van der Waals surface area contributed by atoms with Crippen molar-refractivity contribution in [1.82, 2.24) is 4.90 Å². The van der Waals surface area contributed by atoms with Crippen LogP contribution in [0, 0.1) is 11.8 Å². The van der Waals surface area contributed by atoms with Crippen molar-refractivity contribution in [3.05, 3.63) is 48.6 Å². The van der Waals surface area contributed by atoms with Crippen LogP contribution in [0.3, 0.4) is 0 Å². The van der Waals surface area contributed by atoms with E-state index in [0.717, 1.165) is 12.5 Å². The first-order chi connectivity index (χ1) is 7.79. The van der Waals surface area contributed by atoms with Gasteiger partial charge < -0.3 is 0 Å². The van der Waals surface area contributed by atoms with Crippen LogP contribution in [0.15, 0.2) is 43.0 Å². The van der Waals surface area contributed by atoms with E-state index < -0.39 is 0 Å². The summed E-state index contributed by atoms with van der Waals surface area (Å²) in [6, 6.07) is 10.7. The Hall–Kier alpha value is -1.08. The summed E-state index contributed by atoms with van der Waals surface area (Å²) in [5, 5.41) is 0. The number of piperidine rings is 1. The van der Waals surface area contributed by atoms with E-state index in [1.807, 2.05) is 0 Å². The SMILES string of the molecule is C=C[C@@H]1CCN(Cc2ccccc2)C[C@H]1C. The van der Waals surface area contributed by atoms with Crippen molar-refractivity contribution < 1.29 is 0 Å². The molecule has 0 aliphatic carbocycles. The van der Waals surface area contributed by atoms with Gasteiger partial charge in [0.1, 0.15) is 0 Å². The summed E-state index contributed by atoms with van der Waals surface area (Å²) in [6.07, 6.45) is 3.39. The van der Waals surface area contributed by atoms with Gasteiger partial charge in [0, 0.05) is 13.1 Å². The molecular weight excluding hydrogens is 194 g/mol. The van der Waals surface area contributed by atoms with Gasteiger partial charge in [0.2, 0.25) is 0 Å². The third-order valence-corrected chi connectivity index (χ3v) is 3.61. The van der Waals surface area contributed by atoms with Crippen LogP contribution in [0.4, 0.5) is 0 Å². The predicted octanol–water partition coefficient (Wildman–Crippen LogP) is 3.33. The van der Waals surface area contributed by atoms with Crippen molar-refractivity contribution in [1.29, 1.82) is 0 Å². The van der Waals surface area contributed by atoms with Gasteiger partial charge in [-0.15, -0.1) is 6.58 Å². The summed E-state index contributed by atoms with van der Waals surface area (Å²) in [7, 11) is 0. The van der Waals surface area contributed by atoms with Crippen LogP contribution in [0.25, 0.3) is 0 Å². The molecule has 0 aromatic heterocycles. The minimum Gasteiger partial charge on any atom is -0.299 e. The van der Waals surface area contributed by atoms with Gasteiger partial charge in [-0.25, -0.2) is 0 Å². The van der Waals surface area contributed by atoms with Gasteiger partial charge in [-0.1, -0.05) is 43.3 Å². The summed E-state index contributed by atoms with van der Waals surface area (Å²) < 4.78 is 0. The molecule has 86 valence electrons. The monoisotopic (exact) mass is 215 g/mol. The summed E-state index contributed by atoms with van der Waals surface area (Å²) >= 11 is 0. The first-order valence-corrected chi connectivity index (χ1v) is 6.18. The molecule has 1 aromatic rings. The Bertz CT molecular complexity index is 331. The third-order valence-electron chi connectivity index (χ3n) is 3.61. The lowest BCUT2D eigenvalue weighted by molar-refractivity contribution is 0.145. The van der Waals surface area contributed by atoms with E-state index in [2.05, 4.69) is 54.8 Å². The Morgan fingerprint density at radius 1 is 1.38 bits per heavy atom. The fourth-order valence-electron chi connectivity index (χ4n) is 2.59. The predicted molar refractivity (Wildman–Crippen MR) is 69.2 cm³/mol. The number of rotatable bonds is 3. The maximum absolute atomic E-state index is 3.93. The summed E-state index contributed by atoms with van der Waals surface area (Å²) in [5.41, 5.74) is 1.42. The van der Waals surface area contributed by atoms with Crippen LogP contribution < -0.4 is 0 Å². The number of benzene rings is 1. The molecule has 0 spiro atoms. The van der Waals surface area contributed by atoms with E-state index in [-0.39, 0.29) is 0 Å². The lowest BCUT2D eigenvalue weighted by Crippen LogP contribution is -2.38. The molecule has 1 aliphatic heterocycles.